The highest BCUT2D eigenvalue weighted by Gasteiger charge is 2.39. The standard InChI is InChI=1S/C27H29NO5/c1-16-8-10-18(11-9-16)15-33-22-13-12-19(14-23(22)31-3)25-24(27(30)32-4)17(2)28-20-6-5-7-21(29)26(20)25/h8-14,25,28H,5-7,15H2,1-4H3/t25-/m1/s1. The van der Waals surface area contributed by atoms with Crippen LogP contribution in [0.15, 0.2) is 65.0 Å². The van der Waals surface area contributed by atoms with Crippen LogP contribution in [0.25, 0.3) is 0 Å². The van der Waals surface area contributed by atoms with E-state index in [1.807, 2.05) is 56.3 Å². The molecular weight excluding hydrogens is 418 g/mol. The van der Waals surface area contributed by atoms with Gasteiger partial charge in [0.15, 0.2) is 17.3 Å². The van der Waals surface area contributed by atoms with Crippen molar-refractivity contribution in [1.29, 1.82) is 0 Å². The van der Waals surface area contributed by atoms with Gasteiger partial charge in [-0.1, -0.05) is 35.9 Å². The maximum atomic E-state index is 13.0. The zero-order valence-electron chi connectivity index (χ0n) is 19.5. The van der Waals surface area contributed by atoms with Crippen molar-refractivity contribution in [3.8, 4) is 11.5 Å². The van der Waals surface area contributed by atoms with Gasteiger partial charge in [0.25, 0.3) is 0 Å². The normalized spacial score (nSPS) is 17.9. The Morgan fingerprint density at radius 3 is 2.48 bits per heavy atom. The van der Waals surface area contributed by atoms with Crippen LogP contribution in [0.1, 0.15) is 48.8 Å². The summed E-state index contributed by atoms with van der Waals surface area (Å²) in [6.45, 7) is 4.30. The molecule has 2 aromatic rings. The second-order valence-electron chi connectivity index (χ2n) is 8.44. The highest BCUT2D eigenvalue weighted by molar-refractivity contribution is 6.03. The van der Waals surface area contributed by atoms with Gasteiger partial charge in [0.2, 0.25) is 0 Å². The molecule has 1 aliphatic carbocycles. The highest BCUT2D eigenvalue weighted by atomic mass is 16.5. The van der Waals surface area contributed by atoms with Gasteiger partial charge in [0, 0.05) is 29.3 Å². The van der Waals surface area contributed by atoms with E-state index in [-0.39, 0.29) is 5.78 Å². The van der Waals surface area contributed by atoms with Crippen molar-refractivity contribution < 1.29 is 23.8 Å². The zero-order chi connectivity index (χ0) is 23.5. The molecule has 0 spiro atoms. The fraction of sp³-hybridized carbons (Fsp3) is 0.333. The molecule has 0 bridgehead atoms. The van der Waals surface area contributed by atoms with Crippen molar-refractivity contribution in [2.75, 3.05) is 14.2 Å². The number of carbonyl (C=O) groups excluding carboxylic acids is 2. The largest absolute Gasteiger partial charge is 0.493 e. The van der Waals surface area contributed by atoms with E-state index in [4.69, 9.17) is 14.2 Å². The average molecular weight is 448 g/mol. The number of hydrogen-bond acceptors (Lipinski definition) is 6. The van der Waals surface area contributed by atoms with Crippen molar-refractivity contribution in [2.24, 2.45) is 0 Å². The molecule has 4 rings (SSSR count). The minimum atomic E-state index is -0.512. The molecule has 1 aliphatic heterocycles. The molecule has 0 saturated heterocycles. The van der Waals surface area contributed by atoms with Crippen LogP contribution in [0.4, 0.5) is 0 Å². The van der Waals surface area contributed by atoms with E-state index in [0.717, 1.165) is 29.7 Å². The van der Waals surface area contributed by atoms with E-state index in [0.29, 0.717) is 41.4 Å². The predicted octanol–water partition coefficient (Wildman–Crippen LogP) is 4.72. The minimum Gasteiger partial charge on any atom is -0.493 e. The molecule has 0 unspecified atom stereocenters. The smallest absolute Gasteiger partial charge is 0.336 e. The number of ketones is 1. The number of ether oxygens (including phenoxy) is 3. The van der Waals surface area contributed by atoms with Gasteiger partial charge < -0.3 is 19.5 Å². The molecule has 1 heterocycles. The van der Waals surface area contributed by atoms with Crippen LogP contribution in [-0.4, -0.2) is 26.0 Å². The number of hydrogen-bond donors (Lipinski definition) is 1. The lowest BCUT2D eigenvalue weighted by molar-refractivity contribution is -0.136. The van der Waals surface area contributed by atoms with E-state index in [1.54, 1.807) is 7.11 Å². The Hall–Kier alpha value is -3.54. The highest BCUT2D eigenvalue weighted by Crippen LogP contribution is 2.44. The summed E-state index contributed by atoms with van der Waals surface area (Å²) < 4.78 is 16.7. The van der Waals surface area contributed by atoms with Crippen LogP contribution < -0.4 is 14.8 Å². The maximum Gasteiger partial charge on any atom is 0.336 e. The summed E-state index contributed by atoms with van der Waals surface area (Å²) in [6, 6.07) is 13.7. The van der Waals surface area contributed by atoms with Crippen molar-refractivity contribution in [3.63, 3.8) is 0 Å². The Balaban J connectivity index is 1.71. The second kappa shape index (κ2) is 9.53. The molecule has 2 aliphatic rings. The SMILES string of the molecule is COC(=O)C1=C(C)NC2=C(C(=O)CCC2)[C@@H]1c1ccc(OCc2ccc(C)cc2)c(OC)c1. The molecule has 0 saturated carbocycles. The maximum absolute atomic E-state index is 13.0. The van der Waals surface area contributed by atoms with Gasteiger partial charge in [-0.15, -0.1) is 0 Å². The van der Waals surface area contributed by atoms with Crippen LogP contribution in [0.3, 0.4) is 0 Å². The molecule has 2 aromatic carbocycles. The molecule has 0 aromatic heterocycles. The van der Waals surface area contributed by atoms with Crippen molar-refractivity contribution in [3.05, 3.63) is 81.7 Å². The number of aryl methyl sites for hydroxylation is 1. The molecule has 6 nitrogen and oxygen atoms in total. The van der Waals surface area contributed by atoms with E-state index in [9.17, 15) is 9.59 Å². The molecule has 0 amide bonds. The Labute approximate surface area is 194 Å². The number of methoxy groups -OCH3 is 2. The summed E-state index contributed by atoms with van der Waals surface area (Å²) >= 11 is 0. The number of benzene rings is 2. The van der Waals surface area contributed by atoms with Gasteiger partial charge in [0.05, 0.1) is 19.8 Å². The average Bonchev–Trinajstić information content (AvgIpc) is 2.82. The van der Waals surface area contributed by atoms with Crippen LogP contribution in [0.2, 0.25) is 0 Å². The van der Waals surface area contributed by atoms with Crippen molar-refractivity contribution in [2.45, 2.75) is 45.6 Å². The van der Waals surface area contributed by atoms with Gasteiger partial charge in [-0.2, -0.15) is 0 Å². The monoisotopic (exact) mass is 447 g/mol. The molecule has 1 atom stereocenters. The van der Waals surface area contributed by atoms with Gasteiger partial charge in [-0.3, -0.25) is 4.79 Å². The van der Waals surface area contributed by atoms with Crippen LogP contribution in [-0.2, 0) is 20.9 Å². The van der Waals surface area contributed by atoms with Gasteiger partial charge in [0.1, 0.15) is 6.61 Å². The summed E-state index contributed by atoms with van der Waals surface area (Å²) in [6.07, 6.45) is 2.05. The number of esters is 1. The Morgan fingerprint density at radius 1 is 1.03 bits per heavy atom. The molecule has 0 fully saturated rings. The zero-order valence-corrected chi connectivity index (χ0v) is 19.5. The molecular formula is C27H29NO5. The Bertz CT molecular complexity index is 1140. The summed E-state index contributed by atoms with van der Waals surface area (Å²) in [5.41, 5.74) is 5.72. The minimum absolute atomic E-state index is 0.0568. The predicted molar refractivity (Wildman–Crippen MR) is 125 cm³/mol. The quantitative estimate of drug-likeness (QED) is 0.646. The number of Topliss-reactive ketones (excluding diaryl/α,β-unsaturated/α-hetero) is 1. The first kappa shape index (κ1) is 22.6. The molecule has 33 heavy (non-hydrogen) atoms. The summed E-state index contributed by atoms with van der Waals surface area (Å²) in [5.74, 6) is 0.238. The van der Waals surface area contributed by atoms with E-state index in [1.165, 1.54) is 12.7 Å². The fourth-order valence-electron chi connectivity index (χ4n) is 4.53. The summed E-state index contributed by atoms with van der Waals surface area (Å²) in [7, 11) is 2.94. The third-order valence-electron chi connectivity index (χ3n) is 6.22. The Morgan fingerprint density at radius 2 is 1.79 bits per heavy atom. The topological polar surface area (TPSA) is 73.9 Å². The lowest BCUT2D eigenvalue weighted by Crippen LogP contribution is -2.34. The summed E-state index contributed by atoms with van der Waals surface area (Å²) in [5, 5.41) is 3.28. The first-order chi connectivity index (χ1) is 15.9. The molecule has 0 radical (unpaired) electrons. The van der Waals surface area contributed by atoms with Gasteiger partial charge >= 0.3 is 5.97 Å². The second-order valence-corrected chi connectivity index (χ2v) is 8.44. The van der Waals surface area contributed by atoms with E-state index < -0.39 is 11.9 Å². The number of nitrogens with one attached hydrogen (secondary N) is 1. The fourth-order valence-corrected chi connectivity index (χ4v) is 4.53. The first-order valence-electron chi connectivity index (χ1n) is 11.1. The lowest BCUT2D eigenvalue weighted by atomic mass is 9.75. The van der Waals surface area contributed by atoms with Gasteiger partial charge in [-0.25, -0.2) is 4.79 Å². The number of allylic oxidation sites excluding steroid dienone is 3. The van der Waals surface area contributed by atoms with E-state index in [2.05, 4.69) is 5.32 Å². The lowest BCUT2D eigenvalue weighted by Gasteiger charge is -2.34. The van der Waals surface area contributed by atoms with Crippen LogP contribution >= 0.6 is 0 Å². The third-order valence-corrected chi connectivity index (χ3v) is 6.22. The van der Waals surface area contributed by atoms with Crippen LogP contribution in [0.5, 0.6) is 11.5 Å². The molecule has 1 N–H and O–H groups in total. The Kier molecular flexibility index (Phi) is 6.54. The first-order valence-corrected chi connectivity index (χ1v) is 11.1. The number of rotatable bonds is 6. The molecule has 172 valence electrons. The van der Waals surface area contributed by atoms with Crippen LogP contribution in [0, 0.1) is 6.92 Å². The number of dihydropyridines is 1. The van der Waals surface area contributed by atoms with Crippen molar-refractivity contribution >= 4 is 11.8 Å². The molecule has 6 heteroatoms. The van der Waals surface area contributed by atoms with Crippen molar-refractivity contribution in [1.82, 2.24) is 5.32 Å². The number of carbonyl (C=O) groups is 2. The third kappa shape index (κ3) is 4.51. The summed E-state index contributed by atoms with van der Waals surface area (Å²) in [4.78, 5) is 25.7. The van der Waals surface area contributed by atoms with E-state index >= 15 is 0 Å². The van der Waals surface area contributed by atoms with Gasteiger partial charge in [-0.05, 0) is 49.9 Å².